The Morgan fingerprint density at radius 2 is 2.10 bits per heavy atom. The number of sulfone groups is 1. The SMILES string of the molecule is O=C(c1cc(Cl)ncc1[N+](=O)[O-])N1CCCS(=O)(=O)CC1. The van der Waals surface area contributed by atoms with Gasteiger partial charge in [0.2, 0.25) is 0 Å². The number of carbonyl (C=O) groups excluding carboxylic acids is 1. The molecule has 0 atom stereocenters. The molecule has 114 valence electrons. The van der Waals surface area contributed by atoms with E-state index in [1.165, 1.54) is 4.90 Å². The lowest BCUT2D eigenvalue weighted by molar-refractivity contribution is -0.385. The zero-order valence-electron chi connectivity index (χ0n) is 10.9. The van der Waals surface area contributed by atoms with Crippen molar-refractivity contribution in [3.8, 4) is 0 Å². The number of amides is 1. The van der Waals surface area contributed by atoms with Crippen LogP contribution in [0.1, 0.15) is 16.8 Å². The summed E-state index contributed by atoms with van der Waals surface area (Å²) in [5.41, 5.74) is -0.629. The van der Waals surface area contributed by atoms with E-state index in [-0.39, 0.29) is 35.3 Å². The van der Waals surface area contributed by atoms with Gasteiger partial charge in [-0.2, -0.15) is 0 Å². The second kappa shape index (κ2) is 5.94. The van der Waals surface area contributed by atoms with Crippen LogP contribution < -0.4 is 0 Å². The highest BCUT2D eigenvalue weighted by Crippen LogP contribution is 2.22. The van der Waals surface area contributed by atoms with Crippen LogP contribution in [0.4, 0.5) is 5.69 Å². The van der Waals surface area contributed by atoms with Crippen molar-refractivity contribution in [3.63, 3.8) is 0 Å². The molecule has 0 radical (unpaired) electrons. The molecule has 1 aromatic rings. The number of halogens is 1. The van der Waals surface area contributed by atoms with Crippen LogP contribution in [0.2, 0.25) is 5.15 Å². The van der Waals surface area contributed by atoms with Crippen LogP contribution in [0.15, 0.2) is 12.3 Å². The summed E-state index contributed by atoms with van der Waals surface area (Å²) in [5, 5.41) is 10.9. The number of aromatic nitrogens is 1. The van der Waals surface area contributed by atoms with E-state index in [4.69, 9.17) is 11.6 Å². The van der Waals surface area contributed by atoms with Gasteiger partial charge in [-0.1, -0.05) is 11.6 Å². The first kappa shape index (κ1) is 15.6. The normalized spacial score (nSPS) is 18.0. The Kier molecular flexibility index (Phi) is 4.43. The van der Waals surface area contributed by atoms with Gasteiger partial charge in [0, 0.05) is 13.1 Å². The third kappa shape index (κ3) is 3.67. The minimum Gasteiger partial charge on any atom is -0.337 e. The third-order valence-electron chi connectivity index (χ3n) is 3.12. The zero-order valence-corrected chi connectivity index (χ0v) is 12.4. The molecule has 1 aliphatic rings. The highest BCUT2D eigenvalue weighted by molar-refractivity contribution is 7.91. The maximum Gasteiger partial charge on any atom is 0.300 e. The second-order valence-corrected chi connectivity index (χ2v) is 7.27. The Morgan fingerprint density at radius 3 is 2.76 bits per heavy atom. The van der Waals surface area contributed by atoms with Crippen molar-refractivity contribution >= 4 is 33.0 Å². The Hall–Kier alpha value is -1.74. The molecule has 10 heteroatoms. The average Bonchev–Trinajstić information content (AvgIpc) is 2.58. The van der Waals surface area contributed by atoms with Gasteiger partial charge in [0.05, 0.1) is 16.4 Å². The van der Waals surface area contributed by atoms with Gasteiger partial charge < -0.3 is 4.90 Å². The number of rotatable bonds is 2. The summed E-state index contributed by atoms with van der Waals surface area (Å²) in [5.74, 6) is -0.746. The van der Waals surface area contributed by atoms with E-state index in [9.17, 15) is 23.3 Å². The Morgan fingerprint density at radius 1 is 1.38 bits per heavy atom. The molecule has 0 spiro atoms. The molecule has 2 rings (SSSR count). The summed E-state index contributed by atoms with van der Waals surface area (Å²) in [4.78, 5) is 27.5. The first-order valence-corrected chi connectivity index (χ1v) is 8.30. The van der Waals surface area contributed by atoms with Gasteiger partial charge in [-0.25, -0.2) is 13.4 Å². The van der Waals surface area contributed by atoms with E-state index in [0.717, 1.165) is 12.3 Å². The molecule has 0 aliphatic carbocycles. The number of hydrogen-bond acceptors (Lipinski definition) is 6. The van der Waals surface area contributed by atoms with E-state index in [2.05, 4.69) is 4.98 Å². The molecule has 8 nitrogen and oxygen atoms in total. The molecule has 1 aromatic heterocycles. The molecule has 1 amide bonds. The van der Waals surface area contributed by atoms with E-state index in [1.807, 2.05) is 0 Å². The molecule has 0 aromatic carbocycles. The van der Waals surface area contributed by atoms with Gasteiger partial charge >= 0.3 is 0 Å². The molecule has 0 N–H and O–H groups in total. The first-order chi connectivity index (χ1) is 9.80. The fraction of sp³-hybridized carbons (Fsp3) is 0.455. The maximum atomic E-state index is 12.4. The Labute approximate surface area is 125 Å². The van der Waals surface area contributed by atoms with Crippen LogP contribution in [0, 0.1) is 10.1 Å². The summed E-state index contributed by atoms with van der Waals surface area (Å²) in [6.45, 7) is 0.243. The monoisotopic (exact) mass is 333 g/mol. The molecule has 1 aliphatic heterocycles. The zero-order chi connectivity index (χ0) is 15.6. The second-order valence-electron chi connectivity index (χ2n) is 4.58. The van der Waals surface area contributed by atoms with Crippen LogP contribution in [0.25, 0.3) is 0 Å². The first-order valence-electron chi connectivity index (χ1n) is 6.10. The summed E-state index contributed by atoms with van der Waals surface area (Å²) in [6, 6.07) is 1.13. The average molecular weight is 334 g/mol. The molecule has 0 unspecified atom stereocenters. The minimum atomic E-state index is -3.17. The number of hydrogen-bond donors (Lipinski definition) is 0. The van der Waals surface area contributed by atoms with Gasteiger partial charge in [-0.05, 0) is 12.5 Å². The number of carbonyl (C=O) groups is 1. The highest BCUT2D eigenvalue weighted by atomic mass is 35.5. The van der Waals surface area contributed by atoms with Gasteiger partial charge in [0.25, 0.3) is 11.6 Å². The molecular formula is C11H12ClN3O5S. The van der Waals surface area contributed by atoms with Gasteiger partial charge in [-0.3, -0.25) is 14.9 Å². The van der Waals surface area contributed by atoms with Crippen LogP contribution in [0.3, 0.4) is 0 Å². The molecule has 0 saturated carbocycles. The summed E-state index contributed by atoms with van der Waals surface area (Å²) in [6.07, 6.45) is 1.23. The van der Waals surface area contributed by atoms with Crippen molar-refractivity contribution in [2.45, 2.75) is 6.42 Å². The smallest absolute Gasteiger partial charge is 0.300 e. The van der Waals surface area contributed by atoms with E-state index >= 15 is 0 Å². The topological polar surface area (TPSA) is 110 Å². The van der Waals surface area contributed by atoms with Gasteiger partial charge in [0.15, 0.2) is 9.84 Å². The Balaban J connectivity index is 2.32. The number of nitro groups is 1. The summed E-state index contributed by atoms with van der Waals surface area (Å²) >= 11 is 5.68. The van der Waals surface area contributed by atoms with E-state index in [1.54, 1.807) is 0 Å². The molecule has 1 fully saturated rings. The predicted octanol–water partition coefficient (Wildman–Crippen LogP) is 0.904. The van der Waals surface area contributed by atoms with Crippen molar-refractivity contribution in [1.29, 1.82) is 0 Å². The van der Waals surface area contributed by atoms with Gasteiger partial charge in [0.1, 0.15) is 16.9 Å². The standard InChI is InChI=1S/C11H12ClN3O5S/c12-10-6-8(9(7-13-10)15(17)18)11(16)14-2-1-4-21(19,20)5-3-14/h6-7H,1-5H2. The largest absolute Gasteiger partial charge is 0.337 e. The van der Waals surface area contributed by atoms with Crippen molar-refractivity contribution < 1.29 is 18.1 Å². The van der Waals surface area contributed by atoms with Crippen molar-refractivity contribution in [3.05, 3.63) is 33.1 Å². The lowest BCUT2D eigenvalue weighted by atomic mass is 10.2. The molecule has 2 heterocycles. The van der Waals surface area contributed by atoms with Crippen molar-refractivity contribution in [2.75, 3.05) is 24.6 Å². The predicted molar refractivity (Wildman–Crippen MR) is 75.1 cm³/mol. The number of pyridine rings is 1. The molecule has 21 heavy (non-hydrogen) atoms. The van der Waals surface area contributed by atoms with Gasteiger partial charge in [-0.15, -0.1) is 0 Å². The van der Waals surface area contributed by atoms with E-state index in [0.29, 0.717) is 6.42 Å². The summed E-state index contributed by atoms with van der Waals surface area (Å²) < 4.78 is 23.1. The summed E-state index contributed by atoms with van der Waals surface area (Å²) in [7, 11) is -3.17. The molecule has 0 bridgehead atoms. The number of nitrogens with zero attached hydrogens (tertiary/aromatic N) is 3. The van der Waals surface area contributed by atoms with Crippen LogP contribution in [-0.4, -0.2) is 53.7 Å². The Bertz CT molecular complexity index is 691. The lowest BCUT2D eigenvalue weighted by Crippen LogP contribution is -2.34. The van der Waals surface area contributed by atoms with E-state index < -0.39 is 26.4 Å². The van der Waals surface area contributed by atoms with Crippen molar-refractivity contribution in [2.24, 2.45) is 0 Å². The lowest BCUT2D eigenvalue weighted by Gasteiger charge is -2.19. The van der Waals surface area contributed by atoms with Crippen LogP contribution in [0.5, 0.6) is 0 Å². The van der Waals surface area contributed by atoms with Crippen molar-refractivity contribution in [1.82, 2.24) is 9.88 Å². The minimum absolute atomic E-state index is 0.00990. The fourth-order valence-corrected chi connectivity index (χ4v) is 3.48. The quantitative estimate of drug-likeness (QED) is 0.452. The van der Waals surface area contributed by atoms with Crippen LogP contribution in [-0.2, 0) is 9.84 Å². The maximum absolute atomic E-state index is 12.4. The highest BCUT2D eigenvalue weighted by Gasteiger charge is 2.28. The molecule has 1 saturated heterocycles. The third-order valence-corrected chi connectivity index (χ3v) is 5.04. The fourth-order valence-electron chi connectivity index (χ4n) is 2.05. The van der Waals surface area contributed by atoms with Crippen LogP contribution >= 0.6 is 11.6 Å². The molecular weight excluding hydrogens is 322 g/mol.